The lowest BCUT2D eigenvalue weighted by molar-refractivity contribution is -0.121. The molecule has 474 valence electrons. The van der Waals surface area contributed by atoms with Gasteiger partial charge in [-0.3, -0.25) is 28.8 Å². The smallest absolute Gasteiger partial charge is 0.315 e. The van der Waals surface area contributed by atoms with E-state index in [9.17, 15) is 38.4 Å². The van der Waals surface area contributed by atoms with Crippen molar-refractivity contribution >= 4 is 70.4 Å². The third-order valence-electron chi connectivity index (χ3n) is 15.7. The lowest BCUT2D eigenvalue weighted by Crippen LogP contribution is -2.36. The molecule has 0 bridgehead atoms. The summed E-state index contributed by atoms with van der Waals surface area (Å²) < 4.78 is 34.1. The van der Waals surface area contributed by atoms with Crippen LogP contribution >= 0.6 is 23.5 Å². The number of carbonyl (C=O) groups is 8. The number of rotatable bonds is 54. The number of Topliss-reactive ketones (excluding diaryl/α,β-unsaturated/α-hetero) is 5. The Morgan fingerprint density at radius 1 is 0.417 bits per heavy atom. The summed E-state index contributed by atoms with van der Waals surface area (Å²) in [5, 5.41) is 15.7. The first-order valence-electron chi connectivity index (χ1n) is 31.9. The maximum Gasteiger partial charge on any atom is 0.315 e. The molecule has 0 spiro atoms. The van der Waals surface area contributed by atoms with Gasteiger partial charge >= 0.3 is 12.1 Å². The van der Waals surface area contributed by atoms with Crippen molar-refractivity contribution in [1.82, 2.24) is 26.6 Å². The number of urea groups is 2. The van der Waals surface area contributed by atoms with Gasteiger partial charge in [-0.15, -0.1) is 0 Å². The standard InChI is InChI=1S/C63H101N5O14S2/c1-2-59(74)64-29-15-5-3-4-6-24-54(71)47-42-48(55(72)25-13-18-32-79-36-40-81-38-34-77-30-16-11-22-50(69)20-7-9-27-57-60-52(45-83-57)65-62(75)67-60)44-49(43-47)56(73)26-14-19-33-80-37-41-82-39-35-78-31-17-12-23-51(70)21-8-10-28-58-61-53(46-84-58)66-63(76)68-61/h42-44,52-53,57-58,60-61H,2-41,45-46H2,1H3,(H,64,74)(H2,65,67,75)(H2,66,68,76). The van der Waals surface area contributed by atoms with Gasteiger partial charge in [0.2, 0.25) is 5.91 Å². The minimum Gasteiger partial charge on any atom is -0.379 e. The van der Waals surface area contributed by atoms with Crippen molar-refractivity contribution in [2.45, 2.75) is 215 Å². The minimum absolute atomic E-state index is 0.0484. The number of amides is 5. The first kappa shape index (κ1) is 70.8. The largest absolute Gasteiger partial charge is 0.379 e. The minimum atomic E-state index is -0.117. The summed E-state index contributed by atoms with van der Waals surface area (Å²) in [6.45, 7) is 8.17. The molecule has 4 aliphatic heterocycles. The van der Waals surface area contributed by atoms with E-state index in [2.05, 4.69) is 26.6 Å². The number of thioether (sulfide) groups is 2. The molecule has 21 heteroatoms. The molecular formula is C63H101N5O14S2. The number of ether oxygens (including phenoxy) is 6. The van der Waals surface area contributed by atoms with Crippen molar-refractivity contribution in [3.05, 3.63) is 34.9 Å². The van der Waals surface area contributed by atoms with E-state index in [0.717, 1.165) is 101 Å². The van der Waals surface area contributed by atoms with Crippen LogP contribution in [0.1, 0.15) is 211 Å². The molecule has 0 aromatic heterocycles. The van der Waals surface area contributed by atoms with Crippen molar-refractivity contribution < 1.29 is 66.8 Å². The predicted octanol–water partition coefficient (Wildman–Crippen LogP) is 9.47. The highest BCUT2D eigenvalue weighted by Gasteiger charge is 2.43. The van der Waals surface area contributed by atoms with Gasteiger partial charge < -0.3 is 55.0 Å². The monoisotopic (exact) mass is 1220 g/mol. The first-order valence-corrected chi connectivity index (χ1v) is 34.0. The van der Waals surface area contributed by atoms with E-state index in [-0.39, 0.29) is 72.3 Å². The van der Waals surface area contributed by atoms with E-state index >= 15 is 0 Å². The molecule has 0 aliphatic carbocycles. The van der Waals surface area contributed by atoms with Crippen molar-refractivity contribution in [3.63, 3.8) is 0 Å². The van der Waals surface area contributed by atoms with Gasteiger partial charge in [0, 0.05) is 123 Å². The van der Waals surface area contributed by atoms with Crippen LogP contribution in [0.3, 0.4) is 0 Å². The topological polar surface area (TPSA) is 252 Å². The number of ketones is 5. The Kier molecular flexibility index (Phi) is 36.8. The SMILES string of the molecule is CCC(=O)NCCCCCCCC(=O)c1cc(C(=O)CCCCOCCOCCOCCCCC(=O)CCCCC2SCC3NC(=O)NC32)cc(C(=O)CCCCOCCOCCOCCCCC(=O)CCCCC2SCC3NC(=O)NC32)c1. The lowest BCUT2D eigenvalue weighted by Gasteiger charge is -2.16. The van der Waals surface area contributed by atoms with E-state index in [0.29, 0.717) is 195 Å². The van der Waals surface area contributed by atoms with Crippen molar-refractivity contribution in [2.75, 3.05) is 97.3 Å². The van der Waals surface area contributed by atoms with E-state index in [1.165, 1.54) is 0 Å². The molecule has 0 saturated carbocycles. The number of nitrogens with one attached hydrogen (secondary N) is 5. The highest BCUT2D eigenvalue weighted by atomic mass is 32.2. The normalized spacial score (nSPS) is 19.6. The van der Waals surface area contributed by atoms with Crippen LogP contribution in [0.15, 0.2) is 18.2 Å². The Morgan fingerprint density at radius 3 is 1.12 bits per heavy atom. The molecule has 4 heterocycles. The fourth-order valence-electron chi connectivity index (χ4n) is 10.8. The molecule has 5 amide bonds. The van der Waals surface area contributed by atoms with Crippen LogP contribution in [0, 0.1) is 0 Å². The number of carbonyl (C=O) groups excluding carboxylic acids is 8. The van der Waals surface area contributed by atoms with Crippen molar-refractivity contribution in [1.29, 1.82) is 0 Å². The quantitative estimate of drug-likeness (QED) is 0.0231. The molecule has 5 N–H and O–H groups in total. The summed E-state index contributed by atoms with van der Waals surface area (Å²) in [4.78, 5) is 99.8. The van der Waals surface area contributed by atoms with Crippen LogP contribution in [-0.4, -0.2) is 179 Å². The Morgan fingerprint density at radius 2 is 0.738 bits per heavy atom. The van der Waals surface area contributed by atoms with Gasteiger partial charge in [-0.25, -0.2) is 9.59 Å². The summed E-state index contributed by atoms with van der Waals surface area (Å²) in [5.41, 5.74) is 1.14. The molecule has 4 aliphatic rings. The van der Waals surface area contributed by atoms with Gasteiger partial charge in [-0.2, -0.15) is 23.5 Å². The second-order valence-corrected chi connectivity index (χ2v) is 25.1. The molecule has 0 radical (unpaired) electrons. The number of fused-ring (bicyclic) bond motifs is 2. The molecule has 84 heavy (non-hydrogen) atoms. The van der Waals surface area contributed by atoms with Gasteiger partial charge in [0.05, 0.1) is 77.0 Å². The summed E-state index contributed by atoms with van der Waals surface area (Å²) >= 11 is 3.82. The van der Waals surface area contributed by atoms with E-state index in [1.54, 1.807) is 18.2 Å². The molecule has 19 nitrogen and oxygen atoms in total. The Balaban J connectivity index is 0.849. The van der Waals surface area contributed by atoms with E-state index in [1.807, 2.05) is 30.4 Å². The fourth-order valence-corrected chi connectivity index (χ4v) is 13.9. The van der Waals surface area contributed by atoms with Gasteiger partial charge in [0.15, 0.2) is 17.3 Å². The lowest BCUT2D eigenvalue weighted by atomic mass is 9.94. The van der Waals surface area contributed by atoms with Gasteiger partial charge in [-0.1, -0.05) is 39.0 Å². The zero-order chi connectivity index (χ0) is 59.8. The van der Waals surface area contributed by atoms with Gasteiger partial charge in [-0.05, 0) is 108 Å². The average molecular weight is 1220 g/mol. The summed E-state index contributed by atoms with van der Waals surface area (Å²) in [6, 6.07) is 5.70. The van der Waals surface area contributed by atoms with Gasteiger partial charge in [0.25, 0.3) is 0 Å². The van der Waals surface area contributed by atoms with Crippen LogP contribution in [0.4, 0.5) is 9.59 Å². The number of hydrogen-bond acceptors (Lipinski definition) is 16. The second kappa shape index (κ2) is 43.6. The Labute approximate surface area is 508 Å². The highest BCUT2D eigenvalue weighted by Crippen LogP contribution is 2.34. The number of hydrogen-bond donors (Lipinski definition) is 5. The summed E-state index contributed by atoms with van der Waals surface area (Å²) in [5.74, 6) is 2.24. The molecule has 4 fully saturated rings. The van der Waals surface area contributed by atoms with Crippen molar-refractivity contribution in [3.8, 4) is 0 Å². The first-order chi connectivity index (χ1) is 41.0. The zero-order valence-corrected chi connectivity index (χ0v) is 52.1. The number of unbranched alkanes of at least 4 members (excludes halogenated alkanes) is 10. The van der Waals surface area contributed by atoms with Crippen molar-refractivity contribution in [2.24, 2.45) is 0 Å². The van der Waals surface area contributed by atoms with Crippen LogP contribution in [-0.2, 0) is 42.8 Å². The van der Waals surface area contributed by atoms with Crippen LogP contribution in [0.2, 0.25) is 0 Å². The molecular weight excluding hydrogens is 1110 g/mol. The summed E-state index contributed by atoms with van der Waals surface area (Å²) in [7, 11) is 0. The average Bonchev–Trinajstić information content (AvgIpc) is 4.36. The maximum atomic E-state index is 13.5. The molecule has 5 rings (SSSR count). The Hall–Kier alpha value is -3.96. The molecule has 4 saturated heterocycles. The van der Waals surface area contributed by atoms with Crippen LogP contribution in [0.25, 0.3) is 0 Å². The molecule has 6 atom stereocenters. The van der Waals surface area contributed by atoms with Gasteiger partial charge in [0.1, 0.15) is 11.6 Å². The number of benzene rings is 1. The maximum absolute atomic E-state index is 13.5. The highest BCUT2D eigenvalue weighted by molar-refractivity contribution is 8.00. The molecule has 6 unspecified atom stereocenters. The molecule has 1 aromatic carbocycles. The second-order valence-electron chi connectivity index (χ2n) is 22.6. The third kappa shape index (κ3) is 29.6. The van der Waals surface area contributed by atoms with Crippen LogP contribution in [0.5, 0.6) is 0 Å². The fraction of sp³-hybridized carbons (Fsp3) is 0.778. The van der Waals surface area contributed by atoms with Crippen LogP contribution < -0.4 is 26.6 Å². The van der Waals surface area contributed by atoms with E-state index in [4.69, 9.17) is 28.4 Å². The van der Waals surface area contributed by atoms with E-state index < -0.39 is 0 Å². The summed E-state index contributed by atoms with van der Waals surface area (Å²) in [6.07, 6.45) is 19.7. The zero-order valence-electron chi connectivity index (χ0n) is 50.4. The third-order valence-corrected chi connectivity index (χ3v) is 18.8. The predicted molar refractivity (Wildman–Crippen MR) is 329 cm³/mol. The Bertz CT molecular complexity index is 2020. The molecule has 1 aromatic rings.